The highest BCUT2D eigenvalue weighted by Crippen LogP contribution is 2.32. The lowest BCUT2D eigenvalue weighted by molar-refractivity contribution is -0.134. The minimum absolute atomic E-state index is 0.205. The molecule has 1 fully saturated rings. The Labute approximate surface area is 140 Å². The van der Waals surface area contributed by atoms with Crippen LogP contribution < -0.4 is 0 Å². The number of carbonyl (C=O) groups is 1. The monoisotopic (exact) mass is 331 g/mol. The van der Waals surface area contributed by atoms with Crippen molar-refractivity contribution in [2.45, 2.75) is 45.6 Å². The normalized spacial score (nSPS) is 15.3. The third-order valence-electron chi connectivity index (χ3n) is 4.47. The number of carbonyl (C=O) groups excluding carboxylic acids is 1. The van der Waals surface area contributed by atoms with Crippen LogP contribution in [0.25, 0.3) is 11.4 Å². The molecule has 3 rings (SSSR count). The molecule has 0 bridgehead atoms. The highest BCUT2D eigenvalue weighted by atomic mass is 19.1. The quantitative estimate of drug-likeness (QED) is 0.779. The fourth-order valence-electron chi connectivity index (χ4n) is 2.62. The molecular weight excluding hydrogens is 309 g/mol. The molecule has 1 saturated carbocycles. The zero-order valence-corrected chi connectivity index (χ0v) is 14.0. The number of benzene rings is 1. The predicted octanol–water partition coefficient (Wildman–Crippen LogP) is 3.46. The Morgan fingerprint density at radius 3 is 2.71 bits per heavy atom. The third kappa shape index (κ3) is 3.80. The molecule has 0 spiro atoms. The number of rotatable bonds is 7. The van der Waals surface area contributed by atoms with E-state index >= 15 is 0 Å². The van der Waals surface area contributed by atoms with Gasteiger partial charge in [0.1, 0.15) is 5.82 Å². The Bertz CT molecular complexity index is 695. The van der Waals surface area contributed by atoms with Gasteiger partial charge in [0, 0.05) is 30.5 Å². The van der Waals surface area contributed by atoms with E-state index in [4.69, 9.17) is 4.52 Å². The Balaban J connectivity index is 1.64. The number of halogens is 1. The van der Waals surface area contributed by atoms with Gasteiger partial charge in [0.2, 0.25) is 17.6 Å². The lowest BCUT2D eigenvalue weighted by atomic mass is 10.2. The Hall–Kier alpha value is -2.24. The average Bonchev–Trinajstić information content (AvgIpc) is 3.34. The molecule has 6 heteroatoms. The molecule has 1 aliphatic carbocycles. The van der Waals surface area contributed by atoms with Crippen molar-refractivity contribution in [1.82, 2.24) is 15.0 Å². The van der Waals surface area contributed by atoms with Gasteiger partial charge in [0.15, 0.2) is 0 Å². The topological polar surface area (TPSA) is 59.2 Å². The van der Waals surface area contributed by atoms with Crippen LogP contribution in [0.5, 0.6) is 0 Å². The summed E-state index contributed by atoms with van der Waals surface area (Å²) in [4.78, 5) is 18.7. The van der Waals surface area contributed by atoms with Gasteiger partial charge in [-0.1, -0.05) is 12.1 Å². The predicted molar refractivity (Wildman–Crippen MR) is 87.6 cm³/mol. The number of hydrogen-bond acceptors (Lipinski definition) is 4. The van der Waals surface area contributed by atoms with Gasteiger partial charge in [-0.15, -0.1) is 0 Å². The summed E-state index contributed by atoms with van der Waals surface area (Å²) < 4.78 is 18.2. The summed E-state index contributed by atoms with van der Waals surface area (Å²) in [5, 5.41) is 3.94. The molecule has 5 nitrogen and oxygen atoms in total. The van der Waals surface area contributed by atoms with Crippen LogP contribution in [0.3, 0.4) is 0 Å². The SMILES string of the molecule is CC[C@H](C)N(CCc1nc(-c2ccc(F)cc2)no1)C(=O)C1CC1. The molecule has 1 heterocycles. The smallest absolute Gasteiger partial charge is 0.228 e. The molecule has 0 N–H and O–H groups in total. The molecule has 2 aromatic rings. The molecule has 1 aromatic carbocycles. The van der Waals surface area contributed by atoms with Crippen LogP contribution in [0.2, 0.25) is 0 Å². The first-order valence-corrected chi connectivity index (χ1v) is 8.47. The second-order valence-electron chi connectivity index (χ2n) is 6.33. The fourth-order valence-corrected chi connectivity index (χ4v) is 2.62. The van der Waals surface area contributed by atoms with Gasteiger partial charge in [-0.2, -0.15) is 4.98 Å². The molecule has 128 valence electrons. The summed E-state index contributed by atoms with van der Waals surface area (Å²) in [5.41, 5.74) is 0.708. The maximum absolute atomic E-state index is 13.0. The Morgan fingerprint density at radius 1 is 1.38 bits per heavy atom. The van der Waals surface area contributed by atoms with Gasteiger partial charge in [-0.05, 0) is 50.5 Å². The lowest BCUT2D eigenvalue weighted by Crippen LogP contribution is -2.40. The first kappa shape index (κ1) is 16.6. The highest BCUT2D eigenvalue weighted by molar-refractivity contribution is 5.81. The van der Waals surface area contributed by atoms with Crippen molar-refractivity contribution < 1.29 is 13.7 Å². The summed E-state index contributed by atoms with van der Waals surface area (Å²) in [5.74, 6) is 1.07. The maximum Gasteiger partial charge on any atom is 0.228 e. The molecule has 0 saturated heterocycles. The largest absolute Gasteiger partial charge is 0.339 e. The summed E-state index contributed by atoms with van der Waals surface area (Å²) in [6.07, 6.45) is 3.45. The third-order valence-corrected chi connectivity index (χ3v) is 4.47. The lowest BCUT2D eigenvalue weighted by Gasteiger charge is -2.28. The molecule has 0 unspecified atom stereocenters. The van der Waals surface area contributed by atoms with Gasteiger partial charge in [-0.25, -0.2) is 4.39 Å². The van der Waals surface area contributed by atoms with E-state index in [0.29, 0.717) is 30.2 Å². The van der Waals surface area contributed by atoms with Crippen LogP contribution in [0.1, 0.15) is 39.0 Å². The van der Waals surface area contributed by atoms with Gasteiger partial charge >= 0.3 is 0 Å². The molecule has 24 heavy (non-hydrogen) atoms. The van der Waals surface area contributed by atoms with E-state index in [1.807, 2.05) is 4.90 Å². The fraction of sp³-hybridized carbons (Fsp3) is 0.500. The number of hydrogen-bond donors (Lipinski definition) is 0. The summed E-state index contributed by atoms with van der Waals surface area (Å²) in [6, 6.07) is 6.17. The molecule has 0 aliphatic heterocycles. The van der Waals surface area contributed by atoms with E-state index in [-0.39, 0.29) is 23.7 Å². The van der Waals surface area contributed by atoms with Crippen molar-refractivity contribution in [3.63, 3.8) is 0 Å². The van der Waals surface area contributed by atoms with E-state index < -0.39 is 0 Å². The second kappa shape index (κ2) is 7.11. The van der Waals surface area contributed by atoms with E-state index in [2.05, 4.69) is 24.0 Å². The minimum atomic E-state index is -0.301. The molecular formula is C18H22FN3O2. The van der Waals surface area contributed by atoms with Crippen molar-refractivity contribution in [3.05, 3.63) is 36.0 Å². The van der Waals surface area contributed by atoms with Crippen molar-refractivity contribution in [2.75, 3.05) is 6.54 Å². The number of amides is 1. The summed E-state index contributed by atoms with van der Waals surface area (Å²) in [7, 11) is 0. The molecule has 0 radical (unpaired) electrons. The van der Waals surface area contributed by atoms with E-state index in [0.717, 1.165) is 19.3 Å². The van der Waals surface area contributed by atoms with Crippen LogP contribution in [-0.2, 0) is 11.2 Å². The van der Waals surface area contributed by atoms with E-state index in [9.17, 15) is 9.18 Å². The summed E-state index contributed by atoms with van der Waals surface area (Å²) >= 11 is 0. The zero-order chi connectivity index (χ0) is 17.1. The molecule has 1 aromatic heterocycles. The second-order valence-corrected chi connectivity index (χ2v) is 6.33. The Morgan fingerprint density at radius 2 is 2.08 bits per heavy atom. The van der Waals surface area contributed by atoms with E-state index in [1.165, 1.54) is 12.1 Å². The van der Waals surface area contributed by atoms with Gasteiger partial charge < -0.3 is 9.42 Å². The first-order valence-electron chi connectivity index (χ1n) is 8.47. The standard InChI is InChI=1S/C18H22FN3O2/c1-3-12(2)22(18(23)14-4-5-14)11-10-16-20-17(21-24-16)13-6-8-15(19)9-7-13/h6-9,12,14H,3-5,10-11H2,1-2H3/t12-/m0/s1. The average molecular weight is 331 g/mol. The van der Waals surface area contributed by atoms with Gasteiger partial charge in [-0.3, -0.25) is 4.79 Å². The minimum Gasteiger partial charge on any atom is -0.339 e. The van der Waals surface area contributed by atoms with Gasteiger partial charge in [0.25, 0.3) is 0 Å². The van der Waals surface area contributed by atoms with Crippen LogP contribution >= 0.6 is 0 Å². The molecule has 1 amide bonds. The van der Waals surface area contributed by atoms with Crippen LogP contribution in [-0.4, -0.2) is 33.5 Å². The Kier molecular flexibility index (Phi) is 4.92. The van der Waals surface area contributed by atoms with Crippen molar-refractivity contribution >= 4 is 5.91 Å². The van der Waals surface area contributed by atoms with Crippen LogP contribution in [0.4, 0.5) is 4.39 Å². The van der Waals surface area contributed by atoms with Crippen molar-refractivity contribution in [3.8, 4) is 11.4 Å². The molecule has 1 aliphatic rings. The number of nitrogens with zero attached hydrogens (tertiary/aromatic N) is 3. The number of aromatic nitrogens is 2. The first-order chi connectivity index (χ1) is 11.6. The van der Waals surface area contributed by atoms with Crippen LogP contribution in [0.15, 0.2) is 28.8 Å². The van der Waals surface area contributed by atoms with Crippen molar-refractivity contribution in [2.24, 2.45) is 5.92 Å². The van der Waals surface area contributed by atoms with Crippen LogP contribution in [0, 0.1) is 11.7 Å². The maximum atomic E-state index is 13.0. The van der Waals surface area contributed by atoms with Crippen molar-refractivity contribution in [1.29, 1.82) is 0 Å². The summed E-state index contributed by atoms with van der Waals surface area (Å²) in [6.45, 7) is 4.73. The molecule has 1 atom stereocenters. The highest BCUT2D eigenvalue weighted by Gasteiger charge is 2.34. The zero-order valence-electron chi connectivity index (χ0n) is 14.0. The van der Waals surface area contributed by atoms with Gasteiger partial charge in [0.05, 0.1) is 0 Å². The van der Waals surface area contributed by atoms with E-state index in [1.54, 1.807) is 12.1 Å².